The Morgan fingerprint density at radius 3 is 1.77 bits per heavy atom. The zero-order valence-electron chi connectivity index (χ0n) is 6.45. The number of halogens is 3. The van der Waals surface area contributed by atoms with Gasteiger partial charge in [0.1, 0.15) is 0 Å². The van der Waals surface area contributed by atoms with Crippen molar-refractivity contribution < 1.29 is 22.8 Å². The second-order valence-electron chi connectivity index (χ2n) is 1.92. The normalized spacial score (nSPS) is 8.23. The van der Waals surface area contributed by atoms with Gasteiger partial charge in [-0.1, -0.05) is 18.2 Å². The predicted octanol–water partition coefficient (Wildman–Crippen LogP) is 2.26. The van der Waals surface area contributed by atoms with Crippen molar-refractivity contribution in [3.05, 3.63) is 35.9 Å². The van der Waals surface area contributed by atoms with Gasteiger partial charge in [0.05, 0.1) is 5.56 Å². The molecule has 0 aliphatic carbocycles. The minimum Gasteiger partial charge on any atom is -0.478 e. The van der Waals surface area contributed by atoms with Crippen LogP contribution in [0, 0.1) is 0 Å². The van der Waals surface area contributed by atoms with E-state index in [2.05, 4.69) is 0 Å². The summed E-state index contributed by atoms with van der Waals surface area (Å²) < 4.78 is 29.0. The summed E-state index contributed by atoms with van der Waals surface area (Å²) >= 11 is 0. The molecule has 0 saturated carbocycles. The third-order valence-electron chi connectivity index (χ3n) is 1.02. The van der Waals surface area contributed by atoms with Gasteiger partial charge in [-0.15, -0.1) is 0 Å². The molecule has 0 bridgehead atoms. The van der Waals surface area contributed by atoms with Crippen molar-refractivity contribution >= 4 is 13.5 Å². The third-order valence-corrected chi connectivity index (χ3v) is 1.02. The molecule has 0 atom stereocenters. The van der Waals surface area contributed by atoms with Crippen molar-refractivity contribution in [1.29, 1.82) is 0 Å². The van der Waals surface area contributed by atoms with Crippen LogP contribution in [-0.4, -0.2) is 18.6 Å². The quantitative estimate of drug-likeness (QED) is 0.689. The number of hydrogen-bond donors (Lipinski definition) is 1. The summed E-state index contributed by atoms with van der Waals surface area (Å²) in [5.41, 5.74) is 0.331. The van der Waals surface area contributed by atoms with E-state index in [1.54, 1.807) is 30.3 Å². The summed E-state index contributed by atoms with van der Waals surface area (Å²) in [5.74, 6) is -0.879. The number of carboxylic acid groups (broad SMARTS) is 1. The highest BCUT2D eigenvalue weighted by Crippen LogP contribution is 1.96. The topological polar surface area (TPSA) is 37.3 Å². The number of carboxylic acids is 1. The Morgan fingerprint density at radius 2 is 1.54 bits per heavy atom. The molecule has 0 heterocycles. The van der Waals surface area contributed by atoms with Crippen LogP contribution in [0.1, 0.15) is 10.4 Å². The Kier molecular flexibility index (Phi) is 5.42. The highest BCUT2D eigenvalue weighted by Gasteiger charge is 2.06. The molecule has 1 aromatic carbocycles. The van der Waals surface area contributed by atoms with Gasteiger partial charge >= 0.3 is 13.5 Å². The summed E-state index contributed by atoms with van der Waals surface area (Å²) in [6.45, 7) is 0. The van der Waals surface area contributed by atoms with Gasteiger partial charge in [0.15, 0.2) is 0 Å². The third kappa shape index (κ3) is 6.92. The van der Waals surface area contributed by atoms with Gasteiger partial charge in [-0.2, -0.15) is 0 Å². The maximum Gasteiger partial charge on any atom is 0.762 e. The zero-order chi connectivity index (χ0) is 10.3. The molecule has 0 aliphatic rings. The van der Waals surface area contributed by atoms with E-state index in [1.165, 1.54) is 0 Å². The first-order valence-corrected chi connectivity index (χ1v) is 3.24. The van der Waals surface area contributed by atoms with Gasteiger partial charge in [0.25, 0.3) is 0 Å². The van der Waals surface area contributed by atoms with E-state index >= 15 is 0 Å². The van der Waals surface area contributed by atoms with Gasteiger partial charge in [0.2, 0.25) is 0 Å². The lowest BCUT2D eigenvalue weighted by Gasteiger charge is -1.88. The number of carbonyl (C=O) groups is 1. The fourth-order valence-electron chi connectivity index (χ4n) is 0.581. The van der Waals surface area contributed by atoms with Crippen LogP contribution < -0.4 is 0 Å². The highest BCUT2D eigenvalue weighted by atomic mass is 19.4. The van der Waals surface area contributed by atoms with Crippen molar-refractivity contribution in [3.8, 4) is 0 Å². The van der Waals surface area contributed by atoms with E-state index in [0.717, 1.165) is 0 Å². The van der Waals surface area contributed by atoms with E-state index in [9.17, 15) is 17.7 Å². The van der Waals surface area contributed by atoms with Gasteiger partial charge in [-0.3, -0.25) is 12.9 Å². The van der Waals surface area contributed by atoms with E-state index in [-0.39, 0.29) is 0 Å². The molecule has 70 valence electrons. The molecular formula is C7H6BF3O2. The molecule has 2 nitrogen and oxygen atoms in total. The molecule has 0 fully saturated rings. The van der Waals surface area contributed by atoms with Crippen LogP contribution in [0.15, 0.2) is 30.3 Å². The first kappa shape index (κ1) is 11.5. The summed E-state index contributed by atoms with van der Waals surface area (Å²) in [6.07, 6.45) is 0. The molecule has 13 heavy (non-hydrogen) atoms. The van der Waals surface area contributed by atoms with Crippen LogP contribution in [0.5, 0.6) is 0 Å². The Morgan fingerprint density at radius 1 is 1.15 bits per heavy atom. The van der Waals surface area contributed by atoms with E-state index in [1.807, 2.05) is 0 Å². The molecule has 0 spiro atoms. The van der Waals surface area contributed by atoms with Crippen molar-refractivity contribution in [1.82, 2.24) is 0 Å². The largest absolute Gasteiger partial charge is 0.762 e. The second kappa shape index (κ2) is 6.10. The maximum absolute atomic E-state index is 10.2. The van der Waals surface area contributed by atoms with Crippen LogP contribution in [0.25, 0.3) is 0 Å². The molecule has 0 aromatic heterocycles. The van der Waals surface area contributed by atoms with Crippen LogP contribution in [0.4, 0.5) is 12.9 Å². The molecule has 0 unspecified atom stereocenters. The van der Waals surface area contributed by atoms with Crippen molar-refractivity contribution in [3.63, 3.8) is 0 Å². The number of benzene rings is 1. The fraction of sp³-hybridized carbons (Fsp3) is 0. The molecule has 0 radical (unpaired) electrons. The summed E-state index contributed by atoms with van der Waals surface area (Å²) in [4.78, 5) is 10.2. The highest BCUT2D eigenvalue weighted by molar-refractivity contribution is 6.33. The van der Waals surface area contributed by atoms with Gasteiger partial charge < -0.3 is 5.11 Å². The SMILES string of the molecule is FB(F)F.O=C(O)c1ccccc1. The van der Waals surface area contributed by atoms with Crippen molar-refractivity contribution in [2.45, 2.75) is 0 Å². The maximum atomic E-state index is 10.2. The number of hydrogen-bond acceptors (Lipinski definition) is 1. The molecular weight excluding hydrogens is 184 g/mol. The average molecular weight is 190 g/mol. The summed E-state index contributed by atoms with van der Waals surface area (Å²) in [5, 5.41) is 8.38. The molecule has 0 saturated heterocycles. The molecule has 6 heteroatoms. The first-order chi connectivity index (χ1) is 6.04. The lowest BCUT2D eigenvalue weighted by Crippen LogP contribution is -1.93. The molecule has 1 aromatic rings. The van der Waals surface area contributed by atoms with Crippen LogP contribution in [-0.2, 0) is 0 Å². The fourth-order valence-corrected chi connectivity index (χ4v) is 0.581. The summed E-state index contributed by atoms with van der Waals surface area (Å²) in [7, 11) is -3.67. The summed E-state index contributed by atoms with van der Waals surface area (Å²) in [6, 6.07) is 8.30. The number of aromatic carboxylic acids is 1. The van der Waals surface area contributed by atoms with E-state index in [0.29, 0.717) is 5.56 Å². The van der Waals surface area contributed by atoms with Crippen molar-refractivity contribution in [2.24, 2.45) is 0 Å². The Labute approximate surface area is 73.2 Å². The first-order valence-electron chi connectivity index (χ1n) is 3.24. The lowest BCUT2D eigenvalue weighted by molar-refractivity contribution is 0.0697. The number of rotatable bonds is 1. The average Bonchev–Trinajstić information content (AvgIpc) is 2.05. The van der Waals surface area contributed by atoms with Gasteiger partial charge in [-0.05, 0) is 12.1 Å². The minimum atomic E-state index is -3.67. The van der Waals surface area contributed by atoms with E-state index in [4.69, 9.17) is 5.11 Å². The second-order valence-corrected chi connectivity index (χ2v) is 1.92. The van der Waals surface area contributed by atoms with Crippen LogP contribution >= 0.6 is 0 Å². The Bertz CT molecular complexity index is 250. The van der Waals surface area contributed by atoms with Gasteiger partial charge in [0, 0.05) is 0 Å². The molecule has 1 N–H and O–H groups in total. The van der Waals surface area contributed by atoms with Crippen molar-refractivity contribution in [2.75, 3.05) is 0 Å². The zero-order valence-corrected chi connectivity index (χ0v) is 6.45. The smallest absolute Gasteiger partial charge is 0.478 e. The predicted molar refractivity (Wildman–Crippen MR) is 42.5 cm³/mol. The van der Waals surface area contributed by atoms with Gasteiger partial charge in [-0.25, -0.2) is 4.79 Å². The Balaban J connectivity index is 0.000000310. The monoisotopic (exact) mass is 190 g/mol. The lowest BCUT2D eigenvalue weighted by atomic mass is 10.2. The van der Waals surface area contributed by atoms with Crippen LogP contribution in [0.2, 0.25) is 0 Å². The Hall–Kier alpha value is -1.46. The molecule has 0 aliphatic heterocycles. The minimum absolute atomic E-state index is 0.331. The standard InChI is InChI=1S/C7H6O2.BF3/c8-7(9)6-4-2-1-3-5-6;2-1(3)4/h1-5H,(H,8,9);. The van der Waals surface area contributed by atoms with Crippen LogP contribution in [0.3, 0.4) is 0 Å². The molecule has 1 rings (SSSR count). The molecule has 0 amide bonds. The van der Waals surface area contributed by atoms with E-state index < -0.39 is 13.5 Å².